The second-order valence-electron chi connectivity index (χ2n) is 8.94. The number of hydrogen-bond acceptors (Lipinski definition) is 2. The number of nitrogens with one attached hydrogen (secondary N) is 1. The zero-order chi connectivity index (χ0) is 20.5. The standard InChI is InChI=1S/C24H33N3O/c1-17-10-11-18(2)21(16-17)26-12-14-27(15-13-26)23(28)25-22-19(3)8-7-9-20(22)24(4,5)6/h7-11,16H,12-15H2,1-6H3,(H,25,28). The van der Waals surface area contributed by atoms with Gasteiger partial charge in [-0.25, -0.2) is 4.79 Å². The lowest BCUT2D eigenvalue weighted by Gasteiger charge is -2.37. The normalized spacial score (nSPS) is 14.9. The fourth-order valence-corrected chi connectivity index (χ4v) is 3.86. The largest absolute Gasteiger partial charge is 0.368 e. The van der Waals surface area contributed by atoms with Crippen molar-refractivity contribution < 1.29 is 4.79 Å². The summed E-state index contributed by atoms with van der Waals surface area (Å²) < 4.78 is 0. The van der Waals surface area contributed by atoms with Crippen LogP contribution in [-0.4, -0.2) is 37.1 Å². The first-order valence-electron chi connectivity index (χ1n) is 10.1. The van der Waals surface area contributed by atoms with Gasteiger partial charge in [0.15, 0.2) is 0 Å². The minimum Gasteiger partial charge on any atom is -0.368 e. The van der Waals surface area contributed by atoms with Crippen molar-refractivity contribution in [2.45, 2.75) is 47.0 Å². The average Bonchev–Trinajstić information content (AvgIpc) is 2.64. The minimum atomic E-state index is -0.0178. The highest BCUT2D eigenvalue weighted by atomic mass is 16.2. The first-order chi connectivity index (χ1) is 13.2. The van der Waals surface area contributed by atoms with Crippen LogP contribution in [0.25, 0.3) is 0 Å². The summed E-state index contributed by atoms with van der Waals surface area (Å²) in [6, 6.07) is 12.8. The third-order valence-corrected chi connectivity index (χ3v) is 5.58. The van der Waals surface area contributed by atoms with Crippen molar-refractivity contribution >= 4 is 17.4 Å². The molecule has 28 heavy (non-hydrogen) atoms. The lowest BCUT2D eigenvalue weighted by atomic mass is 9.84. The topological polar surface area (TPSA) is 35.6 Å². The lowest BCUT2D eigenvalue weighted by molar-refractivity contribution is 0.208. The Hall–Kier alpha value is -2.49. The number of anilines is 2. The van der Waals surface area contributed by atoms with Crippen molar-refractivity contribution in [3.05, 3.63) is 58.7 Å². The Balaban J connectivity index is 1.69. The SMILES string of the molecule is Cc1ccc(C)c(N2CCN(C(=O)Nc3c(C)cccc3C(C)(C)C)CC2)c1. The van der Waals surface area contributed by atoms with Crippen molar-refractivity contribution in [2.75, 3.05) is 36.4 Å². The summed E-state index contributed by atoms with van der Waals surface area (Å²) in [6.07, 6.45) is 0. The maximum absolute atomic E-state index is 13.0. The molecule has 0 spiro atoms. The van der Waals surface area contributed by atoms with E-state index in [0.717, 1.165) is 37.4 Å². The summed E-state index contributed by atoms with van der Waals surface area (Å²) >= 11 is 0. The summed E-state index contributed by atoms with van der Waals surface area (Å²) in [6.45, 7) is 16.1. The summed E-state index contributed by atoms with van der Waals surface area (Å²) in [7, 11) is 0. The first kappa shape index (κ1) is 20.2. The predicted molar refractivity (Wildman–Crippen MR) is 119 cm³/mol. The molecule has 3 rings (SSSR count). The van der Waals surface area contributed by atoms with Crippen LogP contribution in [0.3, 0.4) is 0 Å². The fraction of sp³-hybridized carbons (Fsp3) is 0.458. The van der Waals surface area contributed by atoms with E-state index in [2.05, 4.69) is 88.2 Å². The van der Waals surface area contributed by atoms with E-state index < -0.39 is 0 Å². The number of carbonyl (C=O) groups is 1. The van der Waals surface area contributed by atoms with E-state index in [1.807, 2.05) is 4.90 Å². The van der Waals surface area contributed by atoms with Gasteiger partial charge in [-0.15, -0.1) is 0 Å². The Morgan fingerprint density at radius 2 is 1.61 bits per heavy atom. The Morgan fingerprint density at radius 1 is 0.929 bits per heavy atom. The van der Waals surface area contributed by atoms with Gasteiger partial charge in [-0.2, -0.15) is 0 Å². The Bertz CT molecular complexity index is 859. The van der Waals surface area contributed by atoms with E-state index >= 15 is 0 Å². The number of aryl methyl sites for hydroxylation is 3. The summed E-state index contributed by atoms with van der Waals surface area (Å²) in [5, 5.41) is 3.20. The first-order valence-corrected chi connectivity index (χ1v) is 10.1. The molecule has 1 fully saturated rings. The monoisotopic (exact) mass is 379 g/mol. The Morgan fingerprint density at radius 3 is 2.25 bits per heavy atom. The van der Waals surface area contributed by atoms with Gasteiger partial charge in [-0.1, -0.05) is 51.1 Å². The fourth-order valence-electron chi connectivity index (χ4n) is 3.86. The number of urea groups is 1. The Labute approximate surface area is 169 Å². The zero-order valence-electron chi connectivity index (χ0n) is 18.1. The molecule has 1 aliphatic heterocycles. The molecule has 1 saturated heterocycles. The number of carbonyl (C=O) groups excluding carboxylic acids is 1. The molecule has 0 radical (unpaired) electrons. The molecule has 0 bridgehead atoms. The van der Waals surface area contributed by atoms with Gasteiger partial charge in [-0.3, -0.25) is 0 Å². The van der Waals surface area contributed by atoms with E-state index in [1.165, 1.54) is 22.4 Å². The van der Waals surface area contributed by atoms with Crippen molar-refractivity contribution in [1.29, 1.82) is 0 Å². The molecule has 1 heterocycles. The predicted octanol–water partition coefficient (Wildman–Crippen LogP) is 5.26. The van der Waals surface area contributed by atoms with Gasteiger partial charge in [0.1, 0.15) is 0 Å². The molecule has 0 unspecified atom stereocenters. The molecule has 2 amide bonds. The van der Waals surface area contributed by atoms with Crippen LogP contribution in [-0.2, 0) is 5.41 Å². The van der Waals surface area contributed by atoms with Crippen molar-refractivity contribution in [3.8, 4) is 0 Å². The van der Waals surface area contributed by atoms with Gasteiger partial charge in [0.05, 0.1) is 0 Å². The number of para-hydroxylation sites is 1. The second-order valence-corrected chi connectivity index (χ2v) is 8.94. The highest BCUT2D eigenvalue weighted by Gasteiger charge is 2.25. The van der Waals surface area contributed by atoms with E-state index in [9.17, 15) is 4.79 Å². The number of nitrogens with zero attached hydrogens (tertiary/aromatic N) is 2. The van der Waals surface area contributed by atoms with Crippen LogP contribution in [0.4, 0.5) is 16.2 Å². The summed E-state index contributed by atoms with van der Waals surface area (Å²) in [4.78, 5) is 17.3. The molecular weight excluding hydrogens is 346 g/mol. The van der Waals surface area contributed by atoms with E-state index in [1.54, 1.807) is 0 Å². The number of amides is 2. The van der Waals surface area contributed by atoms with Crippen LogP contribution < -0.4 is 10.2 Å². The van der Waals surface area contributed by atoms with Gasteiger partial charge in [0, 0.05) is 37.6 Å². The Kier molecular flexibility index (Phi) is 5.69. The van der Waals surface area contributed by atoms with Crippen LogP contribution >= 0.6 is 0 Å². The van der Waals surface area contributed by atoms with Crippen LogP contribution in [0.2, 0.25) is 0 Å². The molecule has 4 heteroatoms. The quantitative estimate of drug-likeness (QED) is 0.772. The number of benzene rings is 2. The molecule has 2 aromatic rings. The molecule has 0 atom stereocenters. The van der Waals surface area contributed by atoms with Crippen molar-refractivity contribution in [3.63, 3.8) is 0 Å². The molecule has 0 aliphatic carbocycles. The van der Waals surface area contributed by atoms with E-state index in [4.69, 9.17) is 0 Å². The van der Waals surface area contributed by atoms with Crippen LogP contribution in [0.1, 0.15) is 43.0 Å². The van der Waals surface area contributed by atoms with E-state index in [0.29, 0.717) is 0 Å². The maximum atomic E-state index is 13.0. The minimum absolute atomic E-state index is 0.000383. The molecule has 0 aromatic heterocycles. The maximum Gasteiger partial charge on any atom is 0.321 e. The molecule has 0 saturated carbocycles. The van der Waals surface area contributed by atoms with Gasteiger partial charge in [0.25, 0.3) is 0 Å². The zero-order valence-corrected chi connectivity index (χ0v) is 18.1. The second kappa shape index (κ2) is 7.86. The molecule has 150 valence electrons. The smallest absolute Gasteiger partial charge is 0.321 e. The van der Waals surface area contributed by atoms with Crippen molar-refractivity contribution in [1.82, 2.24) is 4.90 Å². The van der Waals surface area contributed by atoms with Crippen molar-refractivity contribution in [2.24, 2.45) is 0 Å². The van der Waals surface area contributed by atoms with Gasteiger partial charge in [-0.05, 0) is 54.5 Å². The molecule has 1 aliphatic rings. The third kappa shape index (κ3) is 4.32. The van der Waals surface area contributed by atoms with Gasteiger partial charge in [0.2, 0.25) is 0 Å². The average molecular weight is 380 g/mol. The van der Waals surface area contributed by atoms with Crippen LogP contribution in [0.15, 0.2) is 36.4 Å². The van der Waals surface area contributed by atoms with Gasteiger partial charge < -0.3 is 15.1 Å². The number of rotatable bonds is 2. The third-order valence-electron chi connectivity index (χ3n) is 5.58. The highest BCUT2D eigenvalue weighted by molar-refractivity contribution is 5.91. The van der Waals surface area contributed by atoms with Crippen LogP contribution in [0.5, 0.6) is 0 Å². The van der Waals surface area contributed by atoms with Crippen LogP contribution in [0, 0.1) is 20.8 Å². The molecule has 2 aromatic carbocycles. The highest BCUT2D eigenvalue weighted by Crippen LogP contribution is 2.32. The summed E-state index contributed by atoms with van der Waals surface area (Å²) in [5.74, 6) is 0. The number of piperazine rings is 1. The molecule has 4 nitrogen and oxygen atoms in total. The summed E-state index contributed by atoms with van der Waals surface area (Å²) in [5.41, 5.74) is 7.07. The van der Waals surface area contributed by atoms with Gasteiger partial charge >= 0.3 is 6.03 Å². The molecule has 1 N–H and O–H groups in total. The molecular formula is C24H33N3O. The lowest BCUT2D eigenvalue weighted by Crippen LogP contribution is -2.50. The van der Waals surface area contributed by atoms with E-state index in [-0.39, 0.29) is 11.4 Å². The number of hydrogen-bond donors (Lipinski definition) is 1.